The number of fused-ring (bicyclic) bond motifs is 1. The molecule has 4 N–H and O–H groups in total. The number of rotatable bonds is 2. The lowest BCUT2D eigenvalue weighted by Crippen LogP contribution is -2.02. The van der Waals surface area contributed by atoms with Crippen molar-refractivity contribution in [3.05, 3.63) is 28.4 Å². The van der Waals surface area contributed by atoms with Gasteiger partial charge in [-0.1, -0.05) is 24.4 Å². The van der Waals surface area contributed by atoms with Gasteiger partial charge in [-0.05, 0) is 24.6 Å². The minimum Gasteiger partial charge on any atom is -0.330 e. The molecular formula is C9H11N3S. The van der Waals surface area contributed by atoms with E-state index in [1.54, 1.807) is 0 Å². The number of benzene rings is 1. The summed E-state index contributed by atoms with van der Waals surface area (Å²) in [6.45, 7) is 0.658. The molecule has 0 unspecified atom stereocenters. The van der Waals surface area contributed by atoms with E-state index in [4.69, 9.17) is 18.0 Å². The van der Waals surface area contributed by atoms with E-state index in [0.29, 0.717) is 6.54 Å². The Hall–Kier alpha value is -1.13. The van der Waals surface area contributed by atoms with Crippen molar-refractivity contribution in [3.8, 4) is 0 Å². The summed E-state index contributed by atoms with van der Waals surface area (Å²) in [6.07, 6.45) is 0.875. The Morgan fingerprint density at radius 1 is 1.31 bits per heavy atom. The number of nitrogens with two attached hydrogens (primary N) is 1. The summed E-state index contributed by atoms with van der Waals surface area (Å²) in [4.78, 5) is 0. The van der Waals surface area contributed by atoms with E-state index in [2.05, 4.69) is 16.3 Å². The number of aromatic amines is 2. The van der Waals surface area contributed by atoms with Crippen molar-refractivity contribution in [2.45, 2.75) is 6.42 Å². The quantitative estimate of drug-likeness (QED) is 0.636. The molecule has 3 nitrogen and oxygen atoms in total. The van der Waals surface area contributed by atoms with Gasteiger partial charge in [0.05, 0.1) is 5.52 Å². The maximum Gasteiger partial charge on any atom is 0.127 e. The van der Waals surface area contributed by atoms with Gasteiger partial charge in [-0.3, -0.25) is 10.2 Å². The van der Waals surface area contributed by atoms with Gasteiger partial charge in [0.1, 0.15) is 4.64 Å². The largest absolute Gasteiger partial charge is 0.330 e. The van der Waals surface area contributed by atoms with Crippen molar-refractivity contribution in [3.63, 3.8) is 0 Å². The molecule has 0 spiro atoms. The first-order chi connectivity index (χ1) is 6.33. The molecule has 4 heteroatoms. The fraction of sp³-hybridized carbons (Fsp3) is 0.222. The Labute approximate surface area is 80.9 Å². The molecule has 0 aliphatic rings. The van der Waals surface area contributed by atoms with Gasteiger partial charge in [-0.2, -0.15) is 0 Å². The predicted octanol–water partition coefficient (Wildman–Crippen LogP) is 1.73. The van der Waals surface area contributed by atoms with Crippen molar-refractivity contribution in [1.82, 2.24) is 10.2 Å². The van der Waals surface area contributed by atoms with Crippen molar-refractivity contribution >= 4 is 23.1 Å². The van der Waals surface area contributed by atoms with E-state index < -0.39 is 0 Å². The fourth-order valence-corrected chi connectivity index (χ4v) is 1.71. The lowest BCUT2D eigenvalue weighted by molar-refractivity contribution is 0.969. The SMILES string of the molecule is NCCc1cccc2c(=S)[nH][nH]c12. The van der Waals surface area contributed by atoms with Crippen LogP contribution in [0, 0.1) is 4.64 Å². The lowest BCUT2D eigenvalue weighted by Gasteiger charge is -1.98. The zero-order valence-corrected chi connectivity index (χ0v) is 7.95. The summed E-state index contributed by atoms with van der Waals surface area (Å²) in [6, 6.07) is 6.07. The minimum atomic E-state index is 0.658. The molecule has 68 valence electrons. The number of nitrogens with one attached hydrogen (secondary N) is 2. The molecule has 1 heterocycles. The highest BCUT2D eigenvalue weighted by Gasteiger charge is 2.01. The maximum absolute atomic E-state index is 5.51. The summed E-state index contributed by atoms with van der Waals surface area (Å²) < 4.78 is 0.758. The summed E-state index contributed by atoms with van der Waals surface area (Å²) in [5.41, 5.74) is 7.80. The third-order valence-electron chi connectivity index (χ3n) is 2.11. The topological polar surface area (TPSA) is 57.6 Å². The van der Waals surface area contributed by atoms with Gasteiger partial charge >= 0.3 is 0 Å². The molecule has 0 amide bonds. The van der Waals surface area contributed by atoms with Crippen LogP contribution in [0.15, 0.2) is 18.2 Å². The van der Waals surface area contributed by atoms with Crippen LogP contribution in [-0.2, 0) is 6.42 Å². The van der Waals surface area contributed by atoms with Crippen LogP contribution >= 0.6 is 12.2 Å². The van der Waals surface area contributed by atoms with E-state index in [1.165, 1.54) is 5.56 Å². The molecule has 0 aliphatic carbocycles. The zero-order valence-electron chi connectivity index (χ0n) is 7.13. The van der Waals surface area contributed by atoms with E-state index in [1.807, 2.05) is 12.1 Å². The highest BCUT2D eigenvalue weighted by Crippen LogP contribution is 2.16. The van der Waals surface area contributed by atoms with Crippen molar-refractivity contribution in [2.24, 2.45) is 5.73 Å². The van der Waals surface area contributed by atoms with Crippen molar-refractivity contribution < 1.29 is 0 Å². The normalized spacial score (nSPS) is 10.8. The van der Waals surface area contributed by atoms with E-state index in [9.17, 15) is 0 Å². The molecule has 1 aromatic heterocycles. The highest BCUT2D eigenvalue weighted by atomic mass is 32.1. The second-order valence-electron chi connectivity index (χ2n) is 2.96. The Bertz CT molecular complexity index is 469. The van der Waals surface area contributed by atoms with Crippen LogP contribution in [0.2, 0.25) is 0 Å². The standard InChI is InChI=1S/C9H11N3S/c10-5-4-6-2-1-3-7-8(6)11-12-9(7)13/h1-3H,4-5,10H2,(H2,11,12,13). The number of aromatic nitrogens is 2. The van der Waals surface area contributed by atoms with Crippen molar-refractivity contribution in [1.29, 1.82) is 0 Å². The van der Waals surface area contributed by atoms with E-state index in [-0.39, 0.29) is 0 Å². The number of H-pyrrole nitrogens is 2. The molecule has 0 radical (unpaired) electrons. The molecule has 2 rings (SSSR count). The average molecular weight is 193 g/mol. The van der Waals surface area contributed by atoms with Crippen LogP contribution in [-0.4, -0.2) is 16.7 Å². The van der Waals surface area contributed by atoms with Crippen LogP contribution in [0.5, 0.6) is 0 Å². The fourth-order valence-electron chi connectivity index (χ4n) is 1.49. The lowest BCUT2D eigenvalue weighted by atomic mass is 10.1. The number of para-hydroxylation sites is 1. The molecular weight excluding hydrogens is 182 g/mol. The van der Waals surface area contributed by atoms with Gasteiger partial charge < -0.3 is 5.73 Å². The predicted molar refractivity (Wildman–Crippen MR) is 56.2 cm³/mol. The minimum absolute atomic E-state index is 0.658. The van der Waals surface area contributed by atoms with Crippen LogP contribution in [0.3, 0.4) is 0 Å². The smallest absolute Gasteiger partial charge is 0.127 e. The summed E-state index contributed by atoms with van der Waals surface area (Å²) in [5.74, 6) is 0. The third kappa shape index (κ3) is 1.38. The Morgan fingerprint density at radius 2 is 2.15 bits per heavy atom. The van der Waals surface area contributed by atoms with Crippen LogP contribution in [0.25, 0.3) is 10.9 Å². The third-order valence-corrected chi connectivity index (χ3v) is 2.43. The number of hydrogen-bond donors (Lipinski definition) is 3. The Morgan fingerprint density at radius 3 is 2.92 bits per heavy atom. The van der Waals surface area contributed by atoms with Gasteiger partial charge in [0.2, 0.25) is 0 Å². The second kappa shape index (κ2) is 3.32. The van der Waals surface area contributed by atoms with E-state index in [0.717, 1.165) is 22.0 Å². The van der Waals surface area contributed by atoms with Crippen LogP contribution in [0.4, 0.5) is 0 Å². The second-order valence-corrected chi connectivity index (χ2v) is 3.37. The van der Waals surface area contributed by atoms with Gasteiger partial charge in [-0.25, -0.2) is 0 Å². The van der Waals surface area contributed by atoms with Gasteiger partial charge in [0.15, 0.2) is 0 Å². The van der Waals surface area contributed by atoms with Gasteiger partial charge in [0, 0.05) is 5.39 Å². The van der Waals surface area contributed by atoms with Gasteiger partial charge in [-0.15, -0.1) is 0 Å². The molecule has 0 atom stereocenters. The molecule has 13 heavy (non-hydrogen) atoms. The van der Waals surface area contributed by atoms with Crippen LogP contribution < -0.4 is 5.73 Å². The molecule has 0 fully saturated rings. The monoisotopic (exact) mass is 193 g/mol. The molecule has 0 bridgehead atoms. The summed E-state index contributed by atoms with van der Waals surface area (Å²) >= 11 is 5.11. The first kappa shape index (κ1) is 8.47. The van der Waals surface area contributed by atoms with E-state index >= 15 is 0 Å². The van der Waals surface area contributed by atoms with Gasteiger partial charge in [0.25, 0.3) is 0 Å². The number of hydrogen-bond acceptors (Lipinski definition) is 2. The molecule has 0 saturated heterocycles. The molecule has 0 aliphatic heterocycles. The maximum atomic E-state index is 5.51. The van der Waals surface area contributed by atoms with Crippen molar-refractivity contribution in [2.75, 3.05) is 6.54 Å². The average Bonchev–Trinajstić information content (AvgIpc) is 2.50. The zero-order chi connectivity index (χ0) is 9.26. The Kier molecular flexibility index (Phi) is 2.16. The molecule has 1 aromatic carbocycles. The Balaban J connectivity index is 2.69. The molecule has 2 aromatic rings. The first-order valence-corrected chi connectivity index (χ1v) is 4.62. The van der Waals surface area contributed by atoms with Crippen LogP contribution in [0.1, 0.15) is 5.56 Å². The first-order valence-electron chi connectivity index (χ1n) is 4.21. The molecule has 0 saturated carbocycles. The summed E-state index contributed by atoms with van der Waals surface area (Å²) in [5, 5.41) is 7.05. The summed E-state index contributed by atoms with van der Waals surface area (Å²) in [7, 11) is 0. The highest BCUT2D eigenvalue weighted by molar-refractivity contribution is 7.71.